The van der Waals surface area contributed by atoms with Crippen LogP contribution < -0.4 is 14.8 Å². The number of anilines is 1. The molecule has 1 aromatic heterocycles. The number of nitrogens with zero attached hydrogens (tertiary/aromatic N) is 1. The van der Waals surface area contributed by atoms with Crippen LogP contribution in [0.25, 0.3) is 0 Å². The second-order valence-electron chi connectivity index (χ2n) is 6.08. The first-order valence-electron chi connectivity index (χ1n) is 8.54. The summed E-state index contributed by atoms with van der Waals surface area (Å²) in [7, 11) is -4.37. The molecular weight excluding hydrogens is 495 g/mol. The van der Waals surface area contributed by atoms with Crippen molar-refractivity contribution in [3.63, 3.8) is 0 Å². The third kappa shape index (κ3) is 5.30. The Morgan fingerprint density at radius 1 is 1.16 bits per heavy atom. The molecule has 0 saturated carbocycles. The molecule has 0 saturated heterocycles. The number of hydrogen-bond acceptors (Lipinski definition) is 7. The van der Waals surface area contributed by atoms with E-state index in [1.807, 2.05) is 0 Å². The third-order valence-electron chi connectivity index (χ3n) is 4.03. The molecule has 3 N–H and O–H groups in total. The fourth-order valence-corrected chi connectivity index (χ4v) is 4.46. The first kappa shape index (κ1) is 23.8. The van der Waals surface area contributed by atoms with Crippen molar-refractivity contribution >= 4 is 44.9 Å². The SMILES string of the molecule is O=C(NCc1c(F)ccc(F)c1CO)Oc1cc(F)c(S(=O)(=O)Nc2cscn2)cc1Cl. The van der Waals surface area contributed by atoms with Crippen molar-refractivity contribution in [2.45, 2.75) is 18.0 Å². The molecule has 3 rings (SSSR count). The summed E-state index contributed by atoms with van der Waals surface area (Å²) in [6, 6.07) is 2.97. The molecule has 3 aromatic rings. The summed E-state index contributed by atoms with van der Waals surface area (Å²) in [6.45, 7) is -1.36. The summed E-state index contributed by atoms with van der Waals surface area (Å²) in [6.07, 6.45) is -1.21. The zero-order chi connectivity index (χ0) is 23.5. The average Bonchev–Trinajstić information content (AvgIpc) is 3.23. The molecule has 2 aromatic carbocycles. The molecule has 170 valence electrons. The van der Waals surface area contributed by atoms with Gasteiger partial charge in [-0.3, -0.25) is 4.72 Å². The highest BCUT2D eigenvalue weighted by atomic mass is 35.5. The molecule has 8 nitrogen and oxygen atoms in total. The quantitative estimate of drug-likeness (QED) is 0.448. The van der Waals surface area contributed by atoms with Crippen LogP contribution in [0.5, 0.6) is 5.75 Å². The Labute approximate surface area is 188 Å². The molecule has 0 fully saturated rings. The van der Waals surface area contributed by atoms with Gasteiger partial charge in [-0.1, -0.05) is 11.6 Å². The molecule has 0 bridgehead atoms. The largest absolute Gasteiger partial charge is 0.412 e. The predicted octanol–water partition coefficient (Wildman–Crippen LogP) is 3.80. The van der Waals surface area contributed by atoms with E-state index in [0.29, 0.717) is 6.07 Å². The summed E-state index contributed by atoms with van der Waals surface area (Å²) in [5, 5.41) is 12.3. The number of rotatable bonds is 7. The van der Waals surface area contributed by atoms with Crippen LogP contribution >= 0.6 is 22.9 Å². The maximum Gasteiger partial charge on any atom is 0.412 e. The van der Waals surface area contributed by atoms with E-state index in [4.69, 9.17) is 16.3 Å². The lowest BCUT2D eigenvalue weighted by atomic mass is 10.1. The van der Waals surface area contributed by atoms with Gasteiger partial charge in [0.15, 0.2) is 11.6 Å². The molecular formula is C18H13ClF3N3O5S2. The van der Waals surface area contributed by atoms with E-state index in [1.54, 1.807) is 0 Å². The molecule has 0 aliphatic carbocycles. The Morgan fingerprint density at radius 2 is 1.84 bits per heavy atom. The molecule has 0 unspecified atom stereocenters. The molecule has 1 heterocycles. The van der Waals surface area contributed by atoms with Gasteiger partial charge in [-0.2, -0.15) is 0 Å². The number of nitrogens with one attached hydrogen (secondary N) is 2. The van der Waals surface area contributed by atoms with E-state index in [0.717, 1.165) is 29.5 Å². The van der Waals surface area contributed by atoms with Crippen molar-refractivity contribution in [1.82, 2.24) is 10.3 Å². The van der Waals surface area contributed by atoms with Crippen LogP contribution in [0.1, 0.15) is 11.1 Å². The standard InChI is InChI=1S/C18H13ClF3N3O5S2/c19-11-3-16(32(28,29)25-17-7-31-8-24-17)14(22)4-15(11)30-18(27)23-5-9-10(6-26)13(21)2-1-12(9)20/h1-4,7-8,25-26H,5-6H2,(H,23,27). The van der Waals surface area contributed by atoms with Gasteiger partial charge in [0, 0.05) is 29.1 Å². The highest BCUT2D eigenvalue weighted by molar-refractivity contribution is 7.92. The van der Waals surface area contributed by atoms with Crippen LogP contribution in [0.4, 0.5) is 23.8 Å². The molecule has 0 aliphatic heterocycles. The summed E-state index contributed by atoms with van der Waals surface area (Å²) in [4.78, 5) is 14.9. The third-order valence-corrected chi connectivity index (χ3v) is 6.29. The Morgan fingerprint density at radius 3 is 2.47 bits per heavy atom. The highest BCUT2D eigenvalue weighted by Crippen LogP contribution is 2.31. The molecule has 0 spiro atoms. The van der Waals surface area contributed by atoms with Crippen molar-refractivity contribution < 1.29 is 36.2 Å². The number of thiazole rings is 1. The molecule has 14 heteroatoms. The number of amides is 1. The average molecular weight is 508 g/mol. The van der Waals surface area contributed by atoms with Gasteiger partial charge < -0.3 is 15.2 Å². The number of ether oxygens (including phenoxy) is 1. The monoisotopic (exact) mass is 507 g/mol. The maximum absolute atomic E-state index is 14.4. The first-order chi connectivity index (χ1) is 15.1. The number of carbonyl (C=O) groups is 1. The Balaban J connectivity index is 1.74. The number of halogens is 4. The van der Waals surface area contributed by atoms with E-state index in [-0.39, 0.29) is 16.9 Å². The predicted molar refractivity (Wildman–Crippen MR) is 109 cm³/mol. The minimum atomic E-state index is -4.37. The number of hydrogen-bond donors (Lipinski definition) is 3. The first-order valence-corrected chi connectivity index (χ1v) is 11.3. The number of aromatic nitrogens is 1. The number of benzene rings is 2. The van der Waals surface area contributed by atoms with Crippen molar-refractivity contribution in [2.75, 3.05) is 4.72 Å². The fourth-order valence-electron chi connectivity index (χ4n) is 2.54. The maximum atomic E-state index is 14.4. The minimum absolute atomic E-state index is 0.0166. The summed E-state index contributed by atoms with van der Waals surface area (Å²) < 4.78 is 73.6. The van der Waals surface area contributed by atoms with E-state index < -0.39 is 62.4 Å². The topological polar surface area (TPSA) is 118 Å². The number of carbonyl (C=O) groups excluding carboxylic acids is 1. The molecule has 1 amide bonds. The van der Waals surface area contributed by atoms with Gasteiger partial charge in [-0.05, 0) is 18.2 Å². The van der Waals surface area contributed by atoms with Crippen molar-refractivity contribution in [3.05, 3.63) is 68.8 Å². The van der Waals surface area contributed by atoms with E-state index in [9.17, 15) is 31.5 Å². The second kappa shape index (κ2) is 9.73. The van der Waals surface area contributed by atoms with Gasteiger partial charge in [0.1, 0.15) is 22.3 Å². The molecule has 0 aliphatic rings. The lowest BCUT2D eigenvalue weighted by Crippen LogP contribution is -2.27. The number of sulfonamides is 1. The van der Waals surface area contributed by atoms with Crippen molar-refractivity contribution in [2.24, 2.45) is 0 Å². The second-order valence-corrected chi connectivity index (χ2v) is 8.86. The van der Waals surface area contributed by atoms with Gasteiger partial charge in [-0.15, -0.1) is 11.3 Å². The Hall–Kier alpha value is -2.87. The van der Waals surface area contributed by atoms with Crippen molar-refractivity contribution in [3.8, 4) is 5.75 Å². The lowest BCUT2D eigenvalue weighted by Gasteiger charge is -2.13. The normalized spacial score (nSPS) is 11.3. The zero-order valence-electron chi connectivity index (χ0n) is 15.7. The zero-order valence-corrected chi connectivity index (χ0v) is 18.1. The van der Waals surface area contributed by atoms with Crippen LogP contribution in [-0.4, -0.2) is 24.6 Å². The summed E-state index contributed by atoms with van der Waals surface area (Å²) in [5.41, 5.74) is 0.712. The fraction of sp³-hybridized carbons (Fsp3) is 0.111. The minimum Gasteiger partial charge on any atom is -0.409 e. The Kier molecular flexibility index (Phi) is 7.23. The van der Waals surface area contributed by atoms with Gasteiger partial charge in [0.2, 0.25) is 0 Å². The van der Waals surface area contributed by atoms with Crippen LogP contribution in [0.2, 0.25) is 5.02 Å². The van der Waals surface area contributed by atoms with E-state index >= 15 is 0 Å². The highest BCUT2D eigenvalue weighted by Gasteiger charge is 2.24. The number of aliphatic hydroxyl groups excluding tert-OH is 1. The Bertz CT molecular complexity index is 1260. The molecule has 0 atom stereocenters. The van der Waals surface area contributed by atoms with Crippen LogP contribution in [0.15, 0.2) is 40.1 Å². The molecule has 32 heavy (non-hydrogen) atoms. The van der Waals surface area contributed by atoms with Gasteiger partial charge in [-0.25, -0.2) is 31.4 Å². The van der Waals surface area contributed by atoms with Crippen molar-refractivity contribution in [1.29, 1.82) is 0 Å². The summed E-state index contributed by atoms with van der Waals surface area (Å²) >= 11 is 7.04. The van der Waals surface area contributed by atoms with E-state index in [1.165, 1.54) is 10.9 Å². The number of aliphatic hydroxyl groups is 1. The van der Waals surface area contributed by atoms with Gasteiger partial charge in [0.05, 0.1) is 17.1 Å². The molecule has 0 radical (unpaired) electrons. The lowest BCUT2D eigenvalue weighted by molar-refractivity contribution is 0.199. The van der Waals surface area contributed by atoms with Gasteiger partial charge in [0.25, 0.3) is 10.0 Å². The smallest absolute Gasteiger partial charge is 0.409 e. The summed E-state index contributed by atoms with van der Waals surface area (Å²) in [5.74, 6) is -3.54. The van der Waals surface area contributed by atoms with Crippen LogP contribution in [0.3, 0.4) is 0 Å². The van der Waals surface area contributed by atoms with Crippen LogP contribution in [0, 0.1) is 17.5 Å². The van der Waals surface area contributed by atoms with Crippen LogP contribution in [-0.2, 0) is 23.2 Å². The van der Waals surface area contributed by atoms with Gasteiger partial charge >= 0.3 is 6.09 Å². The van der Waals surface area contributed by atoms with E-state index in [2.05, 4.69) is 15.0 Å².